The summed E-state index contributed by atoms with van der Waals surface area (Å²) in [5.74, 6) is 0. The second kappa shape index (κ2) is 27.7. The van der Waals surface area contributed by atoms with Crippen LogP contribution in [0.5, 0.6) is 0 Å². The van der Waals surface area contributed by atoms with Gasteiger partial charge in [-0.05, 0) is 50.2 Å². The van der Waals surface area contributed by atoms with Crippen LogP contribution >= 0.6 is 50.9 Å². The van der Waals surface area contributed by atoms with E-state index in [1.54, 1.807) is 51.0 Å². The van der Waals surface area contributed by atoms with Gasteiger partial charge in [-0.1, -0.05) is 18.2 Å². The Morgan fingerprint density at radius 2 is 0.640 bits per heavy atom. The predicted molar refractivity (Wildman–Crippen MR) is 121 cm³/mol. The molecular formula is C18H26Br3N3O. The van der Waals surface area contributed by atoms with E-state index in [0.717, 1.165) is 0 Å². The van der Waals surface area contributed by atoms with E-state index in [1.807, 2.05) is 54.6 Å². The summed E-state index contributed by atoms with van der Waals surface area (Å²) in [7, 11) is 0. The van der Waals surface area contributed by atoms with Crippen molar-refractivity contribution in [2.75, 3.05) is 0 Å². The van der Waals surface area contributed by atoms with Gasteiger partial charge in [0.25, 0.3) is 0 Å². The Kier molecular flexibility index (Phi) is 35.0. The summed E-state index contributed by atoms with van der Waals surface area (Å²) in [6.07, 6.45) is 10.3. The molecule has 4 nitrogen and oxygen atoms in total. The fourth-order valence-electron chi connectivity index (χ4n) is 0.938. The van der Waals surface area contributed by atoms with Crippen molar-refractivity contribution >= 4 is 50.9 Å². The largest absolute Gasteiger partial charge is 0.394 e. The van der Waals surface area contributed by atoms with Crippen LogP contribution in [-0.4, -0.2) is 26.2 Å². The first-order valence-corrected chi connectivity index (χ1v) is 6.96. The summed E-state index contributed by atoms with van der Waals surface area (Å²) in [5.41, 5.74) is 0. The molecule has 0 aliphatic heterocycles. The summed E-state index contributed by atoms with van der Waals surface area (Å²) < 4.78 is 0. The molecule has 0 spiro atoms. The second-order valence-corrected chi connectivity index (χ2v) is 4.17. The predicted octanol–water partition coefficient (Wildman–Crippen LogP) is 5.37. The van der Waals surface area contributed by atoms with Crippen LogP contribution in [0.15, 0.2) is 91.8 Å². The van der Waals surface area contributed by atoms with Crippen LogP contribution in [-0.2, 0) is 0 Å². The third-order valence-corrected chi connectivity index (χ3v) is 1.70. The zero-order valence-corrected chi connectivity index (χ0v) is 19.4. The summed E-state index contributed by atoms with van der Waals surface area (Å²) >= 11 is 0. The Bertz CT molecular complexity index is 360. The number of hydrogen-bond acceptors (Lipinski definition) is 4. The molecule has 0 radical (unpaired) electrons. The maximum absolute atomic E-state index is 8.06. The third-order valence-electron chi connectivity index (χ3n) is 1.70. The minimum absolute atomic E-state index is 0. The molecule has 0 aliphatic rings. The highest BCUT2D eigenvalue weighted by Crippen LogP contribution is 1.75. The molecule has 0 saturated carbocycles. The molecule has 7 heteroatoms. The lowest BCUT2D eigenvalue weighted by atomic mass is 10.5. The average molecular weight is 540 g/mol. The van der Waals surface area contributed by atoms with Gasteiger partial charge in [-0.25, -0.2) is 0 Å². The monoisotopic (exact) mass is 537 g/mol. The van der Waals surface area contributed by atoms with E-state index < -0.39 is 0 Å². The van der Waals surface area contributed by atoms with Crippen molar-refractivity contribution in [1.82, 2.24) is 15.0 Å². The maximum atomic E-state index is 8.06. The smallest absolute Gasteiger partial charge is 0.0483 e. The van der Waals surface area contributed by atoms with Crippen LogP contribution in [0.1, 0.15) is 13.8 Å². The Hall–Kier alpha value is -1.15. The van der Waals surface area contributed by atoms with Crippen molar-refractivity contribution < 1.29 is 5.11 Å². The SMILES string of the molecule is Br.Br.Br.CC(C)O.c1ccncc1.c1ccncc1.c1ccncc1. The molecule has 0 aromatic carbocycles. The average Bonchev–Trinajstić information content (AvgIpc) is 2.60. The highest BCUT2D eigenvalue weighted by atomic mass is 79.9. The standard InChI is InChI=1S/3C5H5N.C3H8O.3BrH/c3*1-2-4-6-5-3-1;1-3(2)4;;;/h3*1-5H;3-4H,1-2H3;3*1H. The second-order valence-electron chi connectivity index (χ2n) is 4.17. The zero-order valence-electron chi connectivity index (χ0n) is 14.3. The van der Waals surface area contributed by atoms with Crippen LogP contribution in [0.4, 0.5) is 0 Å². The van der Waals surface area contributed by atoms with Crippen molar-refractivity contribution in [3.8, 4) is 0 Å². The minimum atomic E-state index is -0.167. The number of rotatable bonds is 0. The number of pyridine rings is 3. The van der Waals surface area contributed by atoms with Crippen LogP contribution in [0.3, 0.4) is 0 Å². The van der Waals surface area contributed by atoms with Gasteiger partial charge in [0.1, 0.15) is 0 Å². The third kappa shape index (κ3) is 35.0. The quantitative estimate of drug-likeness (QED) is 0.417. The molecule has 3 aromatic rings. The van der Waals surface area contributed by atoms with E-state index in [9.17, 15) is 0 Å². The number of aliphatic hydroxyl groups is 1. The molecule has 3 aromatic heterocycles. The fourth-order valence-corrected chi connectivity index (χ4v) is 0.938. The Balaban J connectivity index is -0.000000114. The van der Waals surface area contributed by atoms with Crippen molar-refractivity contribution in [3.05, 3.63) is 91.8 Å². The van der Waals surface area contributed by atoms with Gasteiger partial charge in [-0.3, -0.25) is 15.0 Å². The summed E-state index contributed by atoms with van der Waals surface area (Å²) in [6, 6.07) is 17.1. The number of nitrogens with zero attached hydrogens (tertiary/aromatic N) is 3. The molecular weight excluding hydrogens is 514 g/mol. The Labute approximate surface area is 182 Å². The molecule has 0 saturated heterocycles. The van der Waals surface area contributed by atoms with Crippen molar-refractivity contribution in [1.29, 1.82) is 0 Å². The molecule has 3 heterocycles. The van der Waals surface area contributed by atoms with Crippen LogP contribution < -0.4 is 0 Å². The number of aromatic nitrogens is 3. The van der Waals surface area contributed by atoms with Gasteiger partial charge in [0.2, 0.25) is 0 Å². The van der Waals surface area contributed by atoms with Gasteiger partial charge in [0.15, 0.2) is 0 Å². The van der Waals surface area contributed by atoms with E-state index in [1.165, 1.54) is 0 Å². The minimum Gasteiger partial charge on any atom is -0.394 e. The molecule has 1 N–H and O–H groups in total. The van der Waals surface area contributed by atoms with E-state index in [4.69, 9.17) is 5.11 Å². The normalized spacial score (nSPS) is 7.20. The van der Waals surface area contributed by atoms with E-state index in [2.05, 4.69) is 15.0 Å². The first-order valence-electron chi connectivity index (χ1n) is 6.96. The molecule has 0 unspecified atom stereocenters. The molecule has 0 atom stereocenters. The molecule has 3 rings (SSSR count). The maximum Gasteiger partial charge on any atom is 0.0483 e. The van der Waals surface area contributed by atoms with Crippen LogP contribution in [0.2, 0.25) is 0 Å². The van der Waals surface area contributed by atoms with Crippen LogP contribution in [0.25, 0.3) is 0 Å². The van der Waals surface area contributed by atoms with Gasteiger partial charge in [-0.2, -0.15) is 0 Å². The van der Waals surface area contributed by atoms with Crippen molar-refractivity contribution in [2.45, 2.75) is 20.0 Å². The lowest BCUT2D eigenvalue weighted by molar-refractivity contribution is 0.216. The van der Waals surface area contributed by atoms with Gasteiger partial charge >= 0.3 is 0 Å². The number of halogens is 3. The van der Waals surface area contributed by atoms with Gasteiger partial charge in [-0.15, -0.1) is 50.9 Å². The molecule has 0 aliphatic carbocycles. The first kappa shape index (κ1) is 31.6. The summed E-state index contributed by atoms with van der Waals surface area (Å²) in [4.78, 5) is 11.4. The summed E-state index contributed by atoms with van der Waals surface area (Å²) in [6.45, 7) is 3.44. The van der Waals surface area contributed by atoms with Gasteiger partial charge < -0.3 is 5.11 Å². The molecule has 0 amide bonds. The lowest BCUT2D eigenvalue weighted by Crippen LogP contribution is -1.85. The topological polar surface area (TPSA) is 58.9 Å². The summed E-state index contributed by atoms with van der Waals surface area (Å²) in [5, 5.41) is 8.06. The lowest BCUT2D eigenvalue weighted by Gasteiger charge is -1.80. The van der Waals surface area contributed by atoms with E-state index in [0.29, 0.717) is 0 Å². The van der Waals surface area contributed by atoms with E-state index in [-0.39, 0.29) is 57.0 Å². The Morgan fingerprint density at radius 1 is 0.480 bits per heavy atom. The molecule has 0 fully saturated rings. The molecule has 140 valence electrons. The van der Waals surface area contributed by atoms with Gasteiger partial charge in [0.05, 0.1) is 0 Å². The van der Waals surface area contributed by atoms with Gasteiger partial charge in [0, 0.05) is 43.3 Å². The number of aliphatic hydroxyl groups excluding tert-OH is 1. The first-order chi connectivity index (χ1) is 10.7. The van der Waals surface area contributed by atoms with E-state index >= 15 is 0 Å². The zero-order chi connectivity index (χ0) is 16.3. The highest BCUT2D eigenvalue weighted by molar-refractivity contribution is 8.93. The molecule has 0 bridgehead atoms. The fraction of sp³-hybridized carbons (Fsp3) is 0.167. The highest BCUT2D eigenvalue weighted by Gasteiger charge is 1.69. The van der Waals surface area contributed by atoms with Crippen molar-refractivity contribution in [2.24, 2.45) is 0 Å². The Morgan fingerprint density at radius 3 is 0.680 bits per heavy atom. The van der Waals surface area contributed by atoms with Crippen LogP contribution in [0, 0.1) is 0 Å². The van der Waals surface area contributed by atoms with Crippen molar-refractivity contribution in [3.63, 3.8) is 0 Å². The molecule has 25 heavy (non-hydrogen) atoms. The number of hydrogen-bond donors (Lipinski definition) is 1.